The number of halogens is 1. The van der Waals surface area contributed by atoms with E-state index in [0.717, 1.165) is 11.3 Å². The van der Waals surface area contributed by atoms with Gasteiger partial charge in [0.05, 0.1) is 6.04 Å². The Labute approximate surface area is 124 Å². The van der Waals surface area contributed by atoms with Gasteiger partial charge in [0, 0.05) is 5.69 Å². The minimum Gasteiger partial charge on any atom is -0.331 e. The van der Waals surface area contributed by atoms with Crippen LogP contribution >= 0.6 is 0 Å². The van der Waals surface area contributed by atoms with Gasteiger partial charge in [-0.15, -0.1) is 0 Å². The van der Waals surface area contributed by atoms with E-state index in [9.17, 15) is 9.18 Å². The fraction of sp³-hybridized carbons (Fsp3) is 0.235. The molecule has 1 unspecified atom stereocenters. The van der Waals surface area contributed by atoms with Crippen LogP contribution < -0.4 is 10.6 Å². The number of hydrogen-bond acceptors (Lipinski definition) is 1. The first-order valence-corrected chi connectivity index (χ1v) is 6.94. The second kappa shape index (κ2) is 6.88. The molecule has 0 bridgehead atoms. The molecule has 0 aromatic heterocycles. The van der Waals surface area contributed by atoms with Crippen LogP contribution in [0.25, 0.3) is 0 Å². The number of benzene rings is 2. The highest BCUT2D eigenvalue weighted by Gasteiger charge is 2.18. The first-order valence-electron chi connectivity index (χ1n) is 6.94. The predicted molar refractivity (Wildman–Crippen MR) is 82.6 cm³/mol. The van der Waals surface area contributed by atoms with Crippen LogP contribution in [0.1, 0.15) is 25.5 Å². The number of rotatable bonds is 4. The molecule has 2 amide bonds. The number of carbonyl (C=O) groups is 1. The lowest BCUT2D eigenvalue weighted by molar-refractivity contribution is 0.244. The van der Waals surface area contributed by atoms with E-state index >= 15 is 0 Å². The average Bonchev–Trinajstić information content (AvgIpc) is 2.47. The summed E-state index contributed by atoms with van der Waals surface area (Å²) < 4.78 is 13.0. The summed E-state index contributed by atoms with van der Waals surface area (Å²) in [6, 6.07) is 15.0. The third kappa shape index (κ3) is 4.31. The molecule has 0 saturated heterocycles. The Bertz CT molecular complexity index is 581. The van der Waals surface area contributed by atoms with Crippen molar-refractivity contribution < 1.29 is 9.18 Å². The van der Waals surface area contributed by atoms with Crippen LogP contribution in [-0.4, -0.2) is 6.03 Å². The smallest absolute Gasteiger partial charge is 0.319 e. The maximum absolute atomic E-state index is 13.0. The first-order chi connectivity index (χ1) is 10.1. The summed E-state index contributed by atoms with van der Waals surface area (Å²) in [4.78, 5) is 12.1. The molecule has 3 nitrogen and oxygen atoms in total. The highest BCUT2D eigenvalue weighted by atomic mass is 19.1. The molecule has 0 aliphatic heterocycles. The number of nitrogens with one attached hydrogen (secondary N) is 2. The summed E-state index contributed by atoms with van der Waals surface area (Å²) in [5.41, 5.74) is 1.62. The zero-order valence-corrected chi connectivity index (χ0v) is 12.1. The molecule has 0 spiro atoms. The van der Waals surface area contributed by atoms with Crippen LogP contribution in [0, 0.1) is 11.7 Å². The van der Waals surface area contributed by atoms with Crippen molar-refractivity contribution in [1.82, 2.24) is 5.32 Å². The van der Waals surface area contributed by atoms with Crippen molar-refractivity contribution in [3.8, 4) is 0 Å². The molecule has 0 heterocycles. The Morgan fingerprint density at radius 2 is 1.62 bits per heavy atom. The van der Waals surface area contributed by atoms with Crippen LogP contribution in [0.5, 0.6) is 0 Å². The Hall–Kier alpha value is -2.36. The van der Waals surface area contributed by atoms with E-state index in [-0.39, 0.29) is 23.8 Å². The molecule has 2 rings (SSSR count). The Balaban J connectivity index is 2.06. The Morgan fingerprint density at radius 3 is 2.19 bits per heavy atom. The van der Waals surface area contributed by atoms with Crippen LogP contribution in [0.4, 0.5) is 14.9 Å². The van der Waals surface area contributed by atoms with E-state index in [1.807, 2.05) is 44.2 Å². The van der Waals surface area contributed by atoms with Crippen LogP contribution in [-0.2, 0) is 0 Å². The lowest BCUT2D eigenvalue weighted by Gasteiger charge is -2.23. The largest absolute Gasteiger partial charge is 0.331 e. The van der Waals surface area contributed by atoms with Gasteiger partial charge >= 0.3 is 6.03 Å². The summed E-state index contributed by atoms with van der Waals surface area (Å²) in [5.74, 6) is -0.0908. The van der Waals surface area contributed by atoms with Crippen molar-refractivity contribution in [3.63, 3.8) is 0 Å². The summed E-state index contributed by atoms with van der Waals surface area (Å²) in [6.45, 7) is 4.02. The van der Waals surface area contributed by atoms with Crippen LogP contribution in [0.15, 0.2) is 54.6 Å². The van der Waals surface area contributed by atoms with Gasteiger partial charge in [0.25, 0.3) is 0 Å². The second-order valence-electron chi connectivity index (χ2n) is 5.24. The van der Waals surface area contributed by atoms with Gasteiger partial charge in [-0.2, -0.15) is 0 Å². The molecule has 110 valence electrons. The van der Waals surface area contributed by atoms with E-state index in [0.29, 0.717) is 0 Å². The van der Waals surface area contributed by atoms with E-state index in [1.165, 1.54) is 12.1 Å². The summed E-state index contributed by atoms with van der Waals surface area (Å²) in [5, 5.41) is 5.71. The quantitative estimate of drug-likeness (QED) is 0.862. The highest BCUT2D eigenvalue weighted by Crippen LogP contribution is 2.22. The monoisotopic (exact) mass is 286 g/mol. The lowest BCUT2D eigenvalue weighted by Crippen LogP contribution is -2.35. The molecule has 0 saturated carbocycles. The molecule has 2 N–H and O–H groups in total. The zero-order chi connectivity index (χ0) is 15.2. The number of carbonyl (C=O) groups excluding carboxylic acids is 1. The van der Waals surface area contributed by atoms with Gasteiger partial charge in [0.1, 0.15) is 5.82 Å². The molecule has 2 aromatic carbocycles. The van der Waals surface area contributed by atoms with Crippen LogP contribution in [0.2, 0.25) is 0 Å². The minimum absolute atomic E-state index is 0.172. The number of anilines is 1. The summed E-state index contributed by atoms with van der Waals surface area (Å²) in [6.07, 6.45) is 0. The van der Waals surface area contributed by atoms with Crippen molar-refractivity contribution >= 4 is 11.7 Å². The molecular weight excluding hydrogens is 267 g/mol. The third-order valence-electron chi connectivity index (χ3n) is 3.21. The number of amides is 2. The minimum atomic E-state index is -0.282. The lowest BCUT2D eigenvalue weighted by atomic mass is 9.96. The maximum Gasteiger partial charge on any atom is 0.319 e. The Kier molecular flexibility index (Phi) is 4.93. The number of urea groups is 1. The van der Waals surface area contributed by atoms with Gasteiger partial charge in [0.15, 0.2) is 0 Å². The maximum atomic E-state index is 13.0. The van der Waals surface area contributed by atoms with Crippen molar-refractivity contribution in [1.29, 1.82) is 0 Å². The topological polar surface area (TPSA) is 41.1 Å². The summed E-state index contributed by atoms with van der Waals surface area (Å²) >= 11 is 0. The van der Waals surface area contributed by atoms with Gasteiger partial charge in [-0.3, -0.25) is 0 Å². The summed E-state index contributed by atoms with van der Waals surface area (Å²) in [7, 11) is 0. The second-order valence-corrected chi connectivity index (χ2v) is 5.24. The molecule has 0 aliphatic carbocycles. The fourth-order valence-corrected chi connectivity index (χ4v) is 2.13. The van der Waals surface area contributed by atoms with Crippen molar-refractivity contribution in [2.45, 2.75) is 19.9 Å². The third-order valence-corrected chi connectivity index (χ3v) is 3.21. The molecule has 0 fully saturated rings. The fourth-order valence-electron chi connectivity index (χ4n) is 2.13. The molecule has 2 aromatic rings. The molecule has 1 atom stereocenters. The van der Waals surface area contributed by atoms with E-state index < -0.39 is 0 Å². The SMILES string of the molecule is CC(C)C(NC(=O)Nc1ccccc1)c1ccc(F)cc1. The molecule has 21 heavy (non-hydrogen) atoms. The van der Waals surface area contributed by atoms with Gasteiger partial charge in [-0.05, 0) is 35.7 Å². The van der Waals surface area contributed by atoms with Crippen molar-refractivity contribution in [2.75, 3.05) is 5.32 Å². The van der Waals surface area contributed by atoms with Gasteiger partial charge in [-0.25, -0.2) is 9.18 Å². The molecular formula is C17H19FN2O. The van der Waals surface area contributed by atoms with E-state index in [1.54, 1.807) is 12.1 Å². The number of hydrogen-bond donors (Lipinski definition) is 2. The highest BCUT2D eigenvalue weighted by molar-refractivity contribution is 5.89. The first kappa shape index (κ1) is 15.0. The van der Waals surface area contributed by atoms with Crippen molar-refractivity contribution in [3.05, 3.63) is 66.0 Å². The standard InChI is InChI=1S/C17H19FN2O/c1-12(2)16(13-8-10-14(18)11-9-13)20-17(21)19-15-6-4-3-5-7-15/h3-12,16H,1-2H3,(H2,19,20,21). The van der Waals surface area contributed by atoms with Gasteiger partial charge in [-0.1, -0.05) is 44.2 Å². The zero-order valence-electron chi connectivity index (χ0n) is 12.1. The molecule has 0 aliphatic rings. The number of para-hydroxylation sites is 1. The molecule has 0 radical (unpaired) electrons. The van der Waals surface area contributed by atoms with Gasteiger partial charge < -0.3 is 10.6 Å². The van der Waals surface area contributed by atoms with E-state index in [4.69, 9.17) is 0 Å². The van der Waals surface area contributed by atoms with Crippen molar-refractivity contribution in [2.24, 2.45) is 5.92 Å². The van der Waals surface area contributed by atoms with E-state index in [2.05, 4.69) is 10.6 Å². The average molecular weight is 286 g/mol. The van der Waals surface area contributed by atoms with Gasteiger partial charge in [0.2, 0.25) is 0 Å². The Morgan fingerprint density at radius 1 is 1.00 bits per heavy atom. The normalized spacial score (nSPS) is 12.0. The predicted octanol–water partition coefficient (Wildman–Crippen LogP) is 4.34. The molecule has 4 heteroatoms. The van der Waals surface area contributed by atoms with Crippen LogP contribution in [0.3, 0.4) is 0 Å².